The number of hydrogen-bond acceptors (Lipinski definition) is 3. The molecule has 0 unspecified atom stereocenters. The summed E-state index contributed by atoms with van der Waals surface area (Å²) in [6.07, 6.45) is 0. The molecule has 4 heteroatoms. The maximum absolute atomic E-state index is 6.33. The molecule has 3 nitrogen and oxygen atoms in total. The van der Waals surface area contributed by atoms with Crippen molar-refractivity contribution in [2.45, 2.75) is 19.3 Å². The van der Waals surface area contributed by atoms with E-state index in [1.165, 1.54) is 86.5 Å². The number of anilines is 3. The van der Waals surface area contributed by atoms with Crippen LogP contribution in [0.3, 0.4) is 0 Å². The van der Waals surface area contributed by atoms with Crippen LogP contribution in [-0.4, -0.2) is 4.57 Å². The summed E-state index contributed by atoms with van der Waals surface area (Å²) in [6, 6.07) is 80.2. The molecule has 0 saturated carbocycles. The van der Waals surface area contributed by atoms with Gasteiger partial charge in [-0.3, -0.25) is 0 Å². The third-order valence-corrected chi connectivity index (χ3v) is 15.6. The van der Waals surface area contributed by atoms with Crippen molar-refractivity contribution in [1.29, 1.82) is 0 Å². The van der Waals surface area contributed by atoms with Crippen molar-refractivity contribution in [3.8, 4) is 39.1 Å². The predicted molar refractivity (Wildman–Crippen MR) is 284 cm³/mol. The molecule has 0 saturated heterocycles. The summed E-state index contributed by atoms with van der Waals surface area (Å²) in [5.74, 6) is 0. The number of benzene rings is 10. The van der Waals surface area contributed by atoms with Crippen molar-refractivity contribution in [3.05, 3.63) is 230 Å². The Kier molecular flexibility index (Phi) is 8.20. The molecule has 316 valence electrons. The highest BCUT2D eigenvalue weighted by atomic mass is 32.1. The molecule has 1 aliphatic carbocycles. The normalized spacial score (nSPS) is 13.0. The fourth-order valence-electron chi connectivity index (χ4n) is 11.1. The van der Waals surface area contributed by atoms with Crippen LogP contribution in [0.15, 0.2) is 223 Å². The van der Waals surface area contributed by atoms with E-state index in [2.05, 4.69) is 230 Å². The van der Waals surface area contributed by atoms with E-state index in [0.717, 1.165) is 44.7 Å². The van der Waals surface area contributed by atoms with Gasteiger partial charge >= 0.3 is 0 Å². The lowest BCUT2D eigenvalue weighted by Gasteiger charge is -2.28. The topological polar surface area (TPSA) is 21.3 Å². The maximum atomic E-state index is 6.33. The lowest BCUT2D eigenvalue weighted by Crippen LogP contribution is -2.16. The summed E-state index contributed by atoms with van der Waals surface area (Å²) < 4.78 is 11.4. The first-order valence-corrected chi connectivity index (χ1v) is 23.9. The van der Waals surface area contributed by atoms with Gasteiger partial charge in [-0.05, 0) is 136 Å². The van der Waals surface area contributed by atoms with Crippen LogP contribution in [0.4, 0.5) is 17.1 Å². The third-order valence-electron chi connectivity index (χ3n) is 14.4. The van der Waals surface area contributed by atoms with E-state index >= 15 is 0 Å². The fraction of sp³-hybridized carbons (Fsp3) is 0.0476. The summed E-state index contributed by atoms with van der Waals surface area (Å²) in [5, 5.41) is 7.30. The lowest BCUT2D eigenvalue weighted by atomic mass is 9.82. The Balaban J connectivity index is 0.837. The van der Waals surface area contributed by atoms with Gasteiger partial charge < -0.3 is 13.9 Å². The van der Waals surface area contributed by atoms with Crippen molar-refractivity contribution >= 4 is 92.3 Å². The van der Waals surface area contributed by atoms with Gasteiger partial charge in [-0.15, -0.1) is 11.3 Å². The van der Waals surface area contributed by atoms with E-state index in [0.29, 0.717) is 0 Å². The van der Waals surface area contributed by atoms with Gasteiger partial charge in [0.05, 0.1) is 11.0 Å². The number of nitrogens with zero attached hydrogens (tertiary/aromatic N) is 2. The van der Waals surface area contributed by atoms with Crippen molar-refractivity contribution in [3.63, 3.8) is 0 Å². The summed E-state index contributed by atoms with van der Waals surface area (Å²) in [5.41, 5.74) is 18.7. The van der Waals surface area contributed by atoms with Crippen LogP contribution in [0, 0.1) is 0 Å². The standard InChI is InChI=1S/C63H42N2OS/c1-63(2)55-15-7-3-11-47(55)48-33-32-46(36-56(48)63)64(44-28-23-41(24-29-44)42-25-34-62-54(35-42)51-14-6-10-18-61(51)67-62)43-26-19-39(20-27-43)40-21-30-45(31-22-40)65-57-16-8-4-12-49(57)52-38-60-53(37-58(52)65)50-13-5-9-17-59(50)66-60/h3-38H,1-2H3. The average Bonchev–Trinajstić information content (AvgIpc) is 4.10. The van der Waals surface area contributed by atoms with Crippen LogP contribution in [0.2, 0.25) is 0 Å². The molecule has 0 bridgehead atoms. The molecule has 0 atom stereocenters. The zero-order valence-corrected chi connectivity index (χ0v) is 37.8. The maximum Gasteiger partial charge on any atom is 0.136 e. The van der Waals surface area contributed by atoms with Gasteiger partial charge in [-0.1, -0.05) is 141 Å². The number of thiophene rings is 1. The molecule has 0 spiro atoms. The van der Waals surface area contributed by atoms with Gasteiger partial charge in [0.15, 0.2) is 0 Å². The summed E-state index contributed by atoms with van der Waals surface area (Å²) in [7, 11) is 0. The number of furan rings is 1. The Morgan fingerprint density at radius 2 is 0.985 bits per heavy atom. The molecule has 3 aromatic heterocycles. The molecule has 10 aromatic carbocycles. The van der Waals surface area contributed by atoms with E-state index in [1.54, 1.807) is 0 Å². The molecule has 67 heavy (non-hydrogen) atoms. The number of para-hydroxylation sites is 2. The van der Waals surface area contributed by atoms with Crippen LogP contribution in [0.5, 0.6) is 0 Å². The molecular formula is C63H42N2OS. The van der Waals surface area contributed by atoms with E-state index < -0.39 is 0 Å². The lowest BCUT2D eigenvalue weighted by molar-refractivity contribution is 0.660. The van der Waals surface area contributed by atoms with Crippen LogP contribution < -0.4 is 4.90 Å². The molecule has 1 aliphatic rings. The number of rotatable bonds is 6. The second-order valence-electron chi connectivity index (χ2n) is 18.5. The predicted octanol–water partition coefficient (Wildman–Crippen LogP) is 18.2. The Morgan fingerprint density at radius 3 is 1.78 bits per heavy atom. The average molecular weight is 875 g/mol. The Bertz CT molecular complexity index is 4110. The van der Waals surface area contributed by atoms with Crippen LogP contribution in [0.1, 0.15) is 25.0 Å². The van der Waals surface area contributed by atoms with Crippen LogP contribution in [0.25, 0.3) is 103 Å². The van der Waals surface area contributed by atoms with E-state index in [4.69, 9.17) is 4.42 Å². The molecule has 0 amide bonds. The molecule has 3 heterocycles. The highest BCUT2D eigenvalue weighted by molar-refractivity contribution is 7.25. The smallest absolute Gasteiger partial charge is 0.136 e. The Morgan fingerprint density at radius 1 is 0.388 bits per heavy atom. The molecule has 13 aromatic rings. The molecule has 0 N–H and O–H groups in total. The molecule has 0 aliphatic heterocycles. The fourth-order valence-corrected chi connectivity index (χ4v) is 12.1. The molecule has 14 rings (SSSR count). The zero-order valence-electron chi connectivity index (χ0n) is 37.0. The van der Waals surface area contributed by atoms with Gasteiger partial charge in [-0.25, -0.2) is 0 Å². The second-order valence-corrected chi connectivity index (χ2v) is 19.6. The first-order valence-electron chi connectivity index (χ1n) is 23.1. The molecular weight excluding hydrogens is 833 g/mol. The first kappa shape index (κ1) is 38.1. The quantitative estimate of drug-likeness (QED) is 0.166. The number of hydrogen-bond donors (Lipinski definition) is 0. The molecule has 0 radical (unpaired) electrons. The van der Waals surface area contributed by atoms with Gasteiger partial charge in [0.2, 0.25) is 0 Å². The second kappa shape index (κ2) is 14.4. The number of fused-ring (bicyclic) bond motifs is 12. The summed E-state index contributed by atoms with van der Waals surface area (Å²) in [4.78, 5) is 2.41. The van der Waals surface area contributed by atoms with Crippen molar-refractivity contribution < 1.29 is 4.42 Å². The first-order chi connectivity index (χ1) is 32.9. The highest BCUT2D eigenvalue weighted by Crippen LogP contribution is 2.51. The van der Waals surface area contributed by atoms with Gasteiger partial charge in [0.1, 0.15) is 11.2 Å². The van der Waals surface area contributed by atoms with Crippen molar-refractivity contribution in [1.82, 2.24) is 4.57 Å². The van der Waals surface area contributed by atoms with Gasteiger partial charge in [-0.2, -0.15) is 0 Å². The highest BCUT2D eigenvalue weighted by Gasteiger charge is 2.35. The van der Waals surface area contributed by atoms with Gasteiger partial charge in [0.25, 0.3) is 0 Å². The van der Waals surface area contributed by atoms with E-state index in [-0.39, 0.29) is 5.41 Å². The number of aromatic nitrogens is 1. The van der Waals surface area contributed by atoms with E-state index in [1.807, 2.05) is 23.5 Å². The monoisotopic (exact) mass is 874 g/mol. The largest absolute Gasteiger partial charge is 0.456 e. The molecule has 0 fully saturated rings. The minimum absolute atomic E-state index is 0.114. The SMILES string of the molecule is CC1(C)c2ccccc2-c2ccc(N(c3ccc(-c4ccc(-n5c6ccccc6c6cc7oc8ccccc8c7cc65)cc4)cc3)c3ccc(-c4ccc5sc6ccccc6c5c4)cc3)cc21. The third kappa shape index (κ3) is 5.83. The van der Waals surface area contributed by atoms with E-state index in [9.17, 15) is 0 Å². The summed E-state index contributed by atoms with van der Waals surface area (Å²) in [6.45, 7) is 4.71. The Labute approximate surface area is 392 Å². The minimum Gasteiger partial charge on any atom is -0.456 e. The van der Waals surface area contributed by atoms with Crippen LogP contribution in [-0.2, 0) is 5.41 Å². The van der Waals surface area contributed by atoms with Crippen molar-refractivity contribution in [2.24, 2.45) is 0 Å². The summed E-state index contributed by atoms with van der Waals surface area (Å²) >= 11 is 1.86. The van der Waals surface area contributed by atoms with Gasteiger partial charge in [0, 0.05) is 69.9 Å². The minimum atomic E-state index is -0.114. The van der Waals surface area contributed by atoms with Crippen molar-refractivity contribution in [2.75, 3.05) is 4.90 Å². The zero-order chi connectivity index (χ0) is 44.4. The van der Waals surface area contributed by atoms with Crippen LogP contribution >= 0.6 is 11.3 Å². The Hall–Kier alpha value is -8.18.